The van der Waals surface area contributed by atoms with E-state index in [9.17, 15) is 0 Å². The molecule has 0 fully saturated rings. The van der Waals surface area contributed by atoms with Gasteiger partial charge in [-0.2, -0.15) is 0 Å². The van der Waals surface area contributed by atoms with Crippen molar-refractivity contribution in [2.45, 2.75) is 16.7 Å². The molecule has 0 saturated heterocycles. The van der Waals surface area contributed by atoms with Crippen LogP contribution in [0.3, 0.4) is 0 Å². The second kappa shape index (κ2) is 5.20. The van der Waals surface area contributed by atoms with E-state index in [1.165, 1.54) is 14.3 Å². The van der Waals surface area contributed by atoms with Gasteiger partial charge < -0.3 is 0 Å². The summed E-state index contributed by atoms with van der Waals surface area (Å²) in [5.74, 6) is 1.13. The van der Waals surface area contributed by atoms with Crippen LogP contribution in [0.1, 0.15) is 6.92 Å². The van der Waals surface area contributed by atoms with E-state index in [1.54, 1.807) is 11.8 Å². The summed E-state index contributed by atoms with van der Waals surface area (Å²) in [7, 11) is 0. The minimum absolute atomic E-state index is 1.13. The molecule has 0 N–H and O–H groups in total. The number of hydrogen-bond donors (Lipinski definition) is 0. The topological polar surface area (TPSA) is 0 Å². The summed E-state index contributed by atoms with van der Waals surface area (Å²) in [6, 6.07) is 6.35. The number of thioether (sulfide) groups is 2. The van der Waals surface area contributed by atoms with Gasteiger partial charge in [0.1, 0.15) is 0 Å². The predicted molar refractivity (Wildman–Crippen MR) is 62.3 cm³/mol. The first-order valence-corrected chi connectivity index (χ1v) is 6.75. The van der Waals surface area contributed by atoms with Crippen LogP contribution in [-0.2, 0) is 0 Å². The quantitative estimate of drug-likeness (QED) is 0.746. The van der Waals surface area contributed by atoms with E-state index in [2.05, 4.69) is 47.3 Å². The molecule has 0 aliphatic heterocycles. The monoisotopic (exact) mass is 262 g/mol. The molecule has 66 valence electrons. The molecule has 0 radical (unpaired) electrons. The fourth-order valence-electron chi connectivity index (χ4n) is 0.956. The molecule has 1 rings (SSSR count). The Labute approximate surface area is 90.6 Å². The number of hydrogen-bond acceptors (Lipinski definition) is 2. The maximum absolute atomic E-state index is 3.54. The largest absolute Gasteiger partial charge is 0.127 e. The molecule has 0 bridgehead atoms. The van der Waals surface area contributed by atoms with Crippen LogP contribution < -0.4 is 0 Å². The van der Waals surface area contributed by atoms with Gasteiger partial charge in [0.15, 0.2) is 0 Å². The number of benzene rings is 1. The second-order valence-corrected chi connectivity index (χ2v) is 5.18. The van der Waals surface area contributed by atoms with E-state index < -0.39 is 0 Å². The third kappa shape index (κ3) is 2.44. The summed E-state index contributed by atoms with van der Waals surface area (Å²) in [4.78, 5) is 2.73. The van der Waals surface area contributed by atoms with Crippen molar-refractivity contribution >= 4 is 39.5 Å². The van der Waals surface area contributed by atoms with Crippen molar-refractivity contribution in [2.75, 3.05) is 12.0 Å². The Hall–Kier alpha value is 0.400. The summed E-state index contributed by atoms with van der Waals surface area (Å²) < 4.78 is 1.20. The Bertz CT molecular complexity index is 261. The first-order chi connectivity index (χ1) is 5.79. The number of rotatable bonds is 3. The van der Waals surface area contributed by atoms with Crippen molar-refractivity contribution in [1.82, 2.24) is 0 Å². The maximum Gasteiger partial charge on any atom is 0.0348 e. The van der Waals surface area contributed by atoms with Crippen molar-refractivity contribution < 1.29 is 0 Å². The van der Waals surface area contributed by atoms with Crippen molar-refractivity contribution in [1.29, 1.82) is 0 Å². The second-order valence-electron chi connectivity index (χ2n) is 2.20. The lowest BCUT2D eigenvalue weighted by Crippen LogP contribution is -1.80. The normalized spacial score (nSPS) is 10.2. The highest BCUT2D eigenvalue weighted by Gasteiger charge is 2.03. The molecule has 3 heteroatoms. The molecule has 0 atom stereocenters. The maximum atomic E-state index is 3.54. The van der Waals surface area contributed by atoms with Gasteiger partial charge in [-0.05, 0) is 40.1 Å². The van der Waals surface area contributed by atoms with Crippen molar-refractivity contribution in [3.63, 3.8) is 0 Å². The van der Waals surface area contributed by atoms with Crippen LogP contribution in [0, 0.1) is 0 Å². The van der Waals surface area contributed by atoms with Gasteiger partial charge in [-0.3, -0.25) is 0 Å². The Morgan fingerprint density at radius 1 is 1.42 bits per heavy atom. The van der Waals surface area contributed by atoms with Crippen LogP contribution in [0.2, 0.25) is 0 Å². The molecule has 0 aliphatic rings. The van der Waals surface area contributed by atoms with Gasteiger partial charge in [0.25, 0.3) is 0 Å². The molecule has 0 heterocycles. The van der Waals surface area contributed by atoms with Crippen molar-refractivity contribution in [3.05, 3.63) is 22.7 Å². The fourth-order valence-corrected chi connectivity index (χ4v) is 3.63. The fraction of sp³-hybridized carbons (Fsp3) is 0.333. The smallest absolute Gasteiger partial charge is 0.0348 e. The Morgan fingerprint density at radius 3 is 2.75 bits per heavy atom. The lowest BCUT2D eigenvalue weighted by Gasteiger charge is -2.06. The van der Waals surface area contributed by atoms with E-state index in [-0.39, 0.29) is 0 Å². The van der Waals surface area contributed by atoms with Crippen LogP contribution in [-0.4, -0.2) is 12.0 Å². The molecule has 0 saturated carbocycles. The summed E-state index contributed by atoms with van der Waals surface area (Å²) >= 11 is 7.23. The molecule has 0 amide bonds. The van der Waals surface area contributed by atoms with Gasteiger partial charge in [0.2, 0.25) is 0 Å². The average molecular weight is 263 g/mol. The molecule has 1 aromatic carbocycles. The Morgan fingerprint density at radius 2 is 2.17 bits per heavy atom. The third-order valence-electron chi connectivity index (χ3n) is 1.43. The molecule has 0 aliphatic carbocycles. The van der Waals surface area contributed by atoms with Gasteiger partial charge in [0.05, 0.1) is 0 Å². The molecule has 1 aromatic rings. The van der Waals surface area contributed by atoms with Crippen LogP contribution >= 0.6 is 39.5 Å². The predicted octanol–water partition coefficient (Wildman–Crippen LogP) is 4.28. The Balaban J connectivity index is 3.00. The summed E-state index contributed by atoms with van der Waals surface area (Å²) in [6.07, 6.45) is 2.11. The zero-order valence-electron chi connectivity index (χ0n) is 7.13. The molecular formula is C9H11BrS2. The first-order valence-electron chi connectivity index (χ1n) is 3.75. The highest BCUT2D eigenvalue weighted by Crippen LogP contribution is 2.35. The molecule has 0 nitrogen and oxygen atoms in total. The van der Waals surface area contributed by atoms with Gasteiger partial charge >= 0.3 is 0 Å². The lowest BCUT2D eigenvalue weighted by atomic mass is 10.4. The van der Waals surface area contributed by atoms with E-state index in [4.69, 9.17) is 0 Å². The van der Waals surface area contributed by atoms with E-state index in [1.807, 2.05) is 11.8 Å². The van der Waals surface area contributed by atoms with Crippen molar-refractivity contribution in [3.8, 4) is 0 Å². The number of halogens is 1. The molecule has 0 unspecified atom stereocenters. The first kappa shape index (κ1) is 10.5. The summed E-state index contributed by atoms with van der Waals surface area (Å²) in [5.41, 5.74) is 0. The van der Waals surface area contributed by atoms with Gasteiger partial charge in [-0.1, -0.05) is 13.0 Å². The van der Waals surface area contributed by atoms with Crippen LogP contribution in [0.15, 0.2) is 32.5 Å². The van der Waals surface area contributed by atoms with Gasteiger partial charge in [-0.15, -0.1) is 23.5 Å². The van der Waals surface area contributed by atoms with E-state index >= 15 is 0 Å². The standard InChI is InChI=1S/C9H11BrS2/c1-3-12-8-6-4-5-7(10)9(8)11-2/h4-6H,3H2,1-2H3. The van der Waals surface area contributed by atoms with Crippen LogP contribution in [0.5, 0.6) is 0 Å². The summed E-state index contributed by atoms with van der Waals surface area (Å²) in [6.45, 7) is 2.18. The molecular weight excluding hydrogens is 252 g/mol. The third-order valence-corrected chi connectivity index (χ3v) is 4.28. The summed E-state index contributed by atoms with van der Waals surface area (Å²) in [5, 5.41) is 0. The van der Waals surface area contributed by atoms with Crippen LogP contribution in [0.4, 0.5) is 0 Å². The SMILES string of the molecule is CCSc1cccc(Br)c1SC. The molecule has 12 heavy (non-hydrogen) atoms. The van der Waals surface area contributed by atoms with Crippen LogP contribution in [0.25, 0.3) is 0 Å². The van der Waals surface area contributed by atoms with Gasteiger partial charge in [0, 0.05) is 14.3 Å². The van der Waals surface area contributed by atoms with E-state index in [0.717, 1.165) is 5.75 Å². The Kier molecular flexibility index (Phi) is 4.54. The molecule has 0 aromatic heterocycles. The van der Waals surface area contributed by atoms with Gasteiger partial charge in [-0.25, -0.2) is 0 Å². The minimum Gasteiger partial charge on any atom is -0.127 e. The van der Waals surface area contributed by atoms with E-state index in [0.29, 0.717) is 0 Å². The average Bonchev–Trinajstić information content (AvgIpc) is 2.05. The minimum atomic E-state index is 1.13. The highest BCUT2D eigenvalue weighted by molar-refractivity contribution is 9.10. The zero-order chi connectivity index (χ0) is 8.97. The highest BCUT2D eigenvalue weighted by atomic mass is 79.9. The van der Waals surface area contributed by atoms with Crippen molar-refractivity contribution in [2.24, 2.45) is 0 Å². The zero-order valence-corrected chi connectivity index (χ0v) is 10.4. The molecule has 0 spiro atoms. The lowest BCUT2D eigenvalue weighted by molar-refractivity contribution is 1.22.